The first kappa shape index (κ1) is 12.9. The number of hydrogen-bond donors (Lipinski definition) is 3. The third-order valence-electron chi connectivity index (χ3n) is 3.29. The standard InChI is InChI=1S/C14H21N3O/c1-18-10-5-6-14-11(8-10)12(9-17-14)13(16)4-2-3-7-15/h5-6,8-9,13,17H,2-4,7,15-16H2,1H3/t13-/m1/s1. The largest absolute Gasteiger partial charge is 0.497 e. The Labute approximate surface area is 107 Å². The van der Waals surface area contributed by atoms with Crippen LogP contribution in [0.1, 0.15) is 30.9 Å². The first-order valence-corrected chi connectivity index (χ1v) is 6.37. The van der Waals surface area contributed by atoms with Gasteiger partial charge < -0.3 is 21.2 Å². The van der Waals surface area contributed by atoms with Crippen molar-refractivity contribution in [3.05, 3.63) is 30.0 Å². The smallest absolute Gasteiger partial charge is 0.119 e. The van der Waals surface area contributed by atoms with Gasteiger partial charge in [-0.3, -0.25) is 0 Å². The van der Waals surface area contributed by atoms with Crippen LogP contribution >= 0.6 is 0 Å². The van der Waals surface area contributed by atoms with Gasteiger partial charge in [-0.25, -0.2) is 0 Å². The minimum atomic E-state index is 0.0532. The fraction of sp³-hybridized carbons (Fsp3) is 0.429. The van der Waals surface area contributed by atoms with E-state index >= 15 is 0 Å². The molecule has 1 heterocycles. The fourth-order valence-electron chi connectivity index (χ4n) is 2.22. The molecule has 1 aromatic carbocycles. The van der Waals surface area contributed by atoms with Crippen molar-refractivity contribution in [3.63, 3.8) is 0 Å². The van der Waals surface area contributed by atoms with Gasteiger partial charge in [-0.2, -0.15) is 0 Å². The second kappa shape index (κ2) is 5.89. The van der Waals surface area contributed by atoms with Gasteiger partial charge in [0.2, 0.25) is 0 Å². The summed E-state index contributed by atoms with van der Waals surface area (Å²) in [5.41, 5.74) is 14.0. The van der Waals surface area contributed by atoms with E-state index in [1.165, 1.54) is 0 Å². The van der Waals surface area contributed by atoms with Crippen LogP contribution in [0.2, 0.25) is 0 Å². The zero-order valence-corrected chi connectivity index (χ0v) is 10.8. The number of benzene rings is 1. The number of fused-ring (bicyclic) bond motifs is 1. The van der Waals surface area contributed by atoms with Gasteiger partial charge in [0.05, 0.1) is 7.11 Å². The Morgan fingerprint density at radius 1 is 1.33 bits per heavy atom. The molecule has 0 aliphatic carbocycles. The summed E-state index contributed by atoms with van der Waals surface area (Å²) in [7, 11) is 1.68. The minimum Gasteiger partial charge on any atom is -0.497 e. The summed E-state index contributed by atoms with van der Waals surface area (Å²) in [6.45, 7) is 0.731. The molecule has 0 radical (unpaired) electrons. The van der Waals surface area contributed by atoms with E-state index < -0.39 is 0 Å². The average molecular weight is 247 g/mol. The van der Waals surface area contributed by atoms with Gasteiger partial charge in [-0.1, -0.05) is 6.42 Å². The summed E-state index contributed by atoms with van der Waals surface area (Å²) in [6.07, 6.45) is 5.05. The Hall–Kier alpha value is -1.52. The Bertz CT molecular complexity index is 507. The molecule has 0 spiro atoms. The molecule has 98 valence electrons. The Morgan fingerprint density at radius 3 is 2.89 bits per heavy atom. The van der Waals surface area contributed by atoms with Crippen LogP contribution in [-0.4, -0.2) is 18.6 Å². The van der Waals surface area contributed by atoms with Crippen LogP contribution in [-0.2, 0) is 0 Å². The molecule has 0 aliphatic heterocycles. The lowest BCUT2D eigenvalue weighted by Crippen LogP contribution is -2.10. The van der Waals surface area contributed by atoms with E-state index in [1.54, 1.807) is 7.11 Å². The highest BCUT2D eigenvalue weighted by Crippen LogP contribution is 2.28. The highest BCUT2D eigenvalue weighted by molar-refractivity contribution is 5.85. The summed E-state index contributed by atoms with van der Waals surface area (Å²) < 4.78 is 5.25. The molecular weight excluding hydrogens is 226 g/mol. The maximum Gasteiger partial charge on any atom is 0.119 e. The van der Waals surface area contributed by atoms with E-state index in [0.29, 0.717) is 0 Å². The van der Waals surface area contributed by atoms with E-state index in [9.17, 15) is 0 Å². The predicted octanol–water partition coefficient (Wildman–Crippen LogP) is 2.31. The van der Waals surface area contributed by atoms with E-state index in [2.05, 4.69) is 4.98 Å². The second-order valence-corrected chi connectivity index (χ2v) is 4.55. The maximum atomic E-state index is 6.24. The Morgan fingerprint density at radius 2 is 2.17 bits per heavy atom. The maximum absolute atomic E-state index is 6.24. The van der Waals surface area contributed by atoms with E-state index in [4.69, 9.17) is 16.2 Å². The van der Waals surface area contributed by atoms with Gasteiger partial charge in [-0.15, -0.1) is 0 Å². The lowest BCUT2D eigenvalue weighted by molar-refractivity contribution is 0.415. The second-order valence-electron chi connectivity index (χ2n) is 4.55. The quantitative estimate of drug-likeness (QED) is 0.685. The van der Waals surface area contributed by atoms with Crippen LogP contribution in [0.15, 0.2) is 24.4 Å². The van der Waals surface area contributed by atoms with Gasteiger partial charge in [0.1, 0.15) is 5.75 Å². The number of methoxy groups -OCH3 is 1. The lowest BCUT2D eigenvalue weighted by atomic mass is 10.0. The van der Waals surface area contributed by atoms with Crippen LogP contribution < -0.4 is 16.2 Å². The summed E-state index contributed by atoms with van der Waals surface area (Å²) in [5.74, 6) is 0.859. The first-order valence-electron chi connectivity index (χ1n) is 6.37. The molecule has 0 bridgehead atoms. The van der Waals surface area contributed by atoms with Gasteiger partial charge in [0, 0.05) is 23.1 Å². The number of H-pyrrole nitrogens is 1. The van der Waals surface area contributed by atoms with Crippen molar-refractivity contribution in [3.8, 4) is 5.75 Å². The number of aromatic nitrogens is 1. The number of nitrogens with two attached hydrogens (primary N) is 2. The predicted molar refractivity (Wildman–Crippen MR) is 74.7 cm³/mol. The molecule has 18 heavy (non-hydrogen) atoms. The molecule has 4 heteroatoms. The van der Waals surface area contributed by atoms with Crippen molar-refractivity contribution in [2.75, 3.05) is 13.7 Å². The summed E-state index contributed by atoms with van der Waals surface area (Å²) >= 11 is 0. The zero-order valence-electron chi connectivity index (χ0n) is 10.8. The van der Waals surface area contributed by atoms with Crippen molar-refractivity contribution < 1.29 is 4.74 Å². The SMILES string of the molecule is COc1ccc2[nH]cc([C@H](N)CCCCN)c2c1. The third-order valence-corrected chi connectivity index (χ3v) is 3.29. The number of ether oxygens (including phenoxy) is 1. The van der Waals surface area contributed by atoms with Crippen LogP contribution in [0.5, 0.6) is 5.75 Å². The number of unbranched alkanes of at least 4 members (excludes halogenated alkanes) is 1. The topological polar surface area (TPSA) is 77.1 Å². The third kappa shape index (κ3) is 2.66. The summed E-state index contributed by atoms with van der Waals surface area (Å²) in [5, 5.41) is 1.15. The van der Waals surface area contributed by atoms with Crippen LogP contribution in [0.3, 0.4) is 0 Å². The molecule has 0 fully saturated rings. The highest BCUT2D eigenvalue weighted by atomic mass is 16.5. The molecule has 0 amide bonds. The van der Waals surface area contributed by atoms with Crippen molar-refractivity contribution in [1.29, 1.82) is 0 Å². The normalized spacial score (nSPS) is 12.8. The molecule has 2 aromatic rings. The molecule has 2 rings (SSSR count). The highest BCUT2D eigenvalue weighted by Gasteiger charge is 2.12. The summed E-state index contributed by atoms with van der Waals surface area (Å²) in [6, 6.07) is 6.05. The molecule has 0 aliphatic rings. The first-order chi connectivity index (χ1) is 8.76. The van der Waals surface area contributed by atoms with E-state index in [-0.39, 0.29) is 6.04 Å². The molecule has 1 aromatic heterocycles. The molecule has 1 atom stereocenters. The van der Waals surface area contributed by atoms with Gasteiger partial charge in [0.25, 0.3) is 0 Å². The van der Waals surface area contributed by atoms with Gasteiger partial charge in [0.15, 0.2) is 0 Å². The molecule has 5 N–H and O–H groups in total. The molecular formula is C14H21N3O. The van der Waals surface area contributed by atoms with E-state index in [1.807, 2.05) is 24.4 Å². The molecule has 0 unspecified atom stereocenters. The number of nitrogens with one attached hydrogen (secondary N) is 1. The van der Waals surface area contributed by atoms with Crippen molar-refractivity contribution in [2.45, 2.75) is 25.3 Å². The number of aromatic amines is 1. The molecule has 0 saturated heterocycles. The number of hydrogen-bond acceptors (Lipinski definition) is 3. The van der Waals surface area contributed by atoms with Crippen LogP contribution in [0.4, 0.5) is 0 Å². The van der Waals surface area contributed by atoms with E-state index in [0.717, 1.165) is 48.0 Å². The van der Waals surface area contributed by atoms with Crippen molar-refractivity contribution in [2.24, 2.45) is 11.5 Å². The van der Waals surface area contributed by atoms with Crippen LogP contribution in [0.25, 0.3) is 10.9 Å². The Kier molecular flexibility index (Phi) is 4.23. The summed E-state index contributed by atoms with van der Waals surface area (Å²) in [4.78, 5) is 3.25. The fourth-order valence-corrected chi connectivity index (χ4v) is 2.22. The van der Waals surface area contributed by atoms with Gasteiger partial charge >= 0.3 is 0 Å². The monoisotopic (exact) mass is 247 g/mol. The van der Waals surface area contributed by atoms with Crippen molar-refractivity contribution >= 4 is 10.9 Å². The van der Waals surface area contributed by atoms with Crippen LogP contribution in [0, 0.1) is 0 Å². The van der Waals surface area contributed by atoms with Crippen molar-refractivity contribution in [1.82, 2.24) is 4.98 Å². The average Bonchev–Trinajstić information content (AvgIpc) is 2.81. The Balaban J connectivity index is 2.21. The number of rotatable bonds is 6. The zero-order chi connectivity index (χ0) is 13.0. The lowest BCUT2D eigenvalue weighted by Gasteiger charge is -2.10. The molecule has 4 nitrogen and oxygen atoms in total. The van der Waals surface area contributed by atoms with Gasteiger partial charge in [-0.05, 0) is 43.1 Å². The molecule has 0 saturated carbocycles. The minimum absolute atomic E-state index is 0.0532.